The molecule has 0 aliphatic rings. The summed E-state index contributed by atoms with van der Waals surface area (Å²) in [5.74, 6) is 1.85. The van der Waals surface area contributed by atoms with Gasteiger partial charge >= 0.3 is 0 Å². The van der Waals surface area contributed by atoms with Crippen LogP contribution in [0.1, 0.15) is 24.8 Å². The van der Waals surface area contributed by atoms with Gasteiger partial charge in [0.1, 0.15) is 11.5 Å². The summed E-state index contributed by atoms with van der Waals surface area (Å²) in [5.41, 5.74) is 1.25. The Morgan fingerprint density at radius 3 is 2.30 bits per heavy atom. The summed E-state index contributed by atoms with van der Waals surface area (Å²) in [6.07, 6.45) is 5.53. The maximum atomic E-state index is 5.66. The van der Waals surface area contributed by atoms with Gasteiger partial charge in [0.15, 0.2) is 0 Å². The molecule has 105 valence electrons. The van der Waals surface area contributed by atoms with Crippen molar-refractivity contribution in [2.24, 2.45) is 0 Å². The van der Waals surface area contributed by atoms with Crippen LogP contribution in [0.2, 0.25) is 0 Å². The first-order chi connectivity index (χ1) is 9.88. The summed E-state index contributed by atoms with van der Waals surface area (Å²) in [5, 5.41) is 0. The molecule has 0 unspecified atom stereocenters. The predicted molar refractivity (Wildman–Crippen MR) is 82.2 cm³/mol. The lowest BCUT2D eigenvalue weighted by molar-refractivity contribution is 0.307. The van der Waals surface area contributed by atoms with Gasteiger partial charge < -0.3 is 9.47 Å². The summed E-state index contributed by atoms with van der Waals surface area (Å²) < 4.78 is 10.8. The van der Waals surface area contributed by atoms with Crippen molar-refractivity contribution in [1.82, 2.24) is 0 Å². The Hall–Kier alpha value is -1.96. The fourth-order valence-corrected chi connectivity index (χ4v) is 1.96. The largest absolute Gasteiger partial charge is 0.497 e. The fraction of sp³-hybridized carbons (Fsp3) is 0.278. The van der Waals surface area contributed by atoms with Crippen LogP contribution >= 0.6 is 0 Å². The summed E-state index contributed by atoms with van der Waals surface area (Å²) in [6, 6.07) is 18.1. The van der Waals surface area contributed by atoms with Gasteiger partial charge in [-0.2, -0.15) is 0 Å². The highest BCUT2D eigenvalue weighted by molar-refractivity contribution is 5.31. The Bertz CT molecular complexity index is 477. The highest BCUT2D eigenvalue weighted by Crippen LogP contribution is 2.15. The van der Waals surface area contributed by atoms with Gasteiger partial charge in [0, 0.05) is 0 Å². The smallest absolute Gasteiger partial charge is 0.119 e. The molecule has 2 aromatic rings. The first-order valence-corrected chi connectivity index (χ1v) is 7.03. The third kappa shape index (κ3) is 4.96. The van der Waals surface area contributed by atoms with Gasteiger partial charge in [-0.15, -0.1) is 0 Å². The topological polar surface area (TPSA) is 18.5 Å². The van der Waals surface area contributed by atoms with Crippen LogP contribution < -0.4 is 9.47 Å². The van der Waals surface area contributed by atoms with Crippen LogP contribution in [-0.4, -0.2) is 13.7 Å². The van der Waals surface area contributed by atoms with E-state index in [0.29, 0.717) is 0 Å². The maximum Gasteiger partial charge on any atom is 0.119 e. The van der Waals surface area contributed by atoms with E-state index in [1.165, 1.54) is 5.56 Å². The number of unbranched alkanes of at least 4 members (excludes halogenated alkanes) is 2. The van der Waals surface area contributed by atoms with E-state index in [0.717, 1.165) is 37.4 Å². The molecule has 0 aromatic heterocycles. The molecule has 0 saturated heterocycles. The Balaban J connectivity index is 1.57. The van der Waals surface area contributed by atoms with Gasteiger partial charge in [-0.1, -0.05) is 30.3 Å². The van der Waals surface area contributed by atoms with E-state index in [1.807, 2.05) is 42.5 Å². The quantitative estimate of drug-likeness (QED) is 0.657. The Kier molecular flexibility index (Phi) is 5.97. The first-order valence-electron chi connectivity index (χ1n) is 7.03. The molecule has 2 rings (SSSR count). The molecule has 0 atom stereocenters. The zero-order valence-electron chi connectivity index (χ0n) is 11.9. The number of rotatable bonds is 8. The van der Waals surface area contributed by atoms with Gasteiger partial charge in [0.05, 0.1) is 13.7 Å². The molecule has 0 heterocycles. The molecular formula is C18H21O2. The van der Waals surface area contributed by atoms with Crippen LogP contribution in [-0.2, 0) is 0 Å². The highest BCUT2D eigenvalue weighted by Gasteiger charge is 1.96. The number of hydrogen-bond acceptors (Lipinski definition) is 2. The van der Waals surface area contributed by atoms with Gasteiger partial charge in [-0.25, -0.2) is 0 Å². The van der Waals surface area contributed by atoms with Crippen LogP contribution in [0.15, 0.2) is 54.6 Å². The molecule has 0 fully saturated rings. The van der Waals surface area contributed by atoms with Crippen LogP contribution in [0, 0.1) is 6.42 Å². The van der Waals surface area contributed by atoms with Crippen molar-refractivity contribution in [3.8, 4) is 11.5 Å². The maximum absolute atomic E-state index is 5.66. The summed E-state index contributed by atoms with van der Waals surface area (Å²) in [6.45, 7) is 0.778. The van der Waals surface area contributed by atoms with E-state index in [-0.39, 0.29) is 0 Å². The summed E-state index contributed by atoms with van der Waals surface area (Å²) in [4.78, 5) is 0. The number of para-hydroxylation sites is 1. The second-order valence-electron chi connectivity index (χ2n) is 4.63. The van der Waals surface area contributed by atoms with Gasteiger partial charge in [0.25, 0.3) is 0 Å². The number of hydrogen-bond donors (Lipinski definition) is 0. The van der Waals surface area contributed by atoms with Crippen LogP contribution in [0.3, 0.4) is 0 Å². The van der Waals surface area contributed by atoms with Crippen molar-refractivity contribution in [1.29, 1.82) is 0 Å². The van der Waals surface area contributed by atoms with E-state index < -0.39 is 0 Å². The molecule has 2 nitrogen and oxygen atoms in total. The van der Waals surface area contributed by atoms with E-state index >= 15 is 0 Å². The molecule has 0 saturated carbocycles. The molecule has 2 heteroatoms. The summed E-state index contributed by atoms with van der Waals surface area (Å²) in [7, 11) is 1.69. The second-order valence-corrected chi connectivity index (χ2v) is 4.63. The Labute approximate surface area is 121 Å². The molecule has 20 heavy (non-hydrogen) atoms. The lowest BCUT2D eigenvalue weighted by Gasteiger charge is -2.06. The van der Waals surface area contributed by atoms with E-state index in [4.69, 9.17) is 9.47 Å². The number of methoxy groups -OCH3 is 1. The standard InChI is InChI=1S/C18H21O2/c1-19-17-13-11-16(12-14-17)8-4-3-7-15-20-18-9-5-2-6-10-18/h2,5-6,8-14H,3-4,7,15H2,1H3. The van der Waals surface area contributed by atoms with E-state index in [1.54, 1.807) is 7.11 Å². The zero-order valence-corrected chi connectivity index (χ0v) is 11.9. The minimum Gasteiger partial charge on any atom is -0.497 e. The van der Waals surface area contributed by atoms with Crippen LogP contribution in [0.25, 0.3) is 0 Å². The molecule has 2 aromatic carbocycles. The molecule has 1 radical (unpaired) electrons. The van der Waals surface area contributed by atoms with Crippen molar-refractivity contribution in [2.45, 2.75) is 19.3 Å². The molecule has 0 amide bonds. The minimum atomic E-state index is 0.778. The molecule has 0 bridgehead atoms. The number of benzene rings is 2. The van der Waals surface area contributed by atoms with Gasteiger partial charge in [0.2, 0.25) is 0 Å². The average molecular weight is 269 g/mol. The van der Waals surface area contributed by atoms with Gasteiger partial charge in [-0.3, -0.25) is 0 Å². The third-order valence-corrected chi connectivity index (χ3v) is 3.11. The first kappa shape index (κ1) is 14.4. The lowest BCUT2D eigenvalue weighted by atomic mass is 10.1. The molecule has 0 spiro atoms. The molecular weight excluding hydrogens is 248 g/mol. The fourth-order valence-electron chi connectivity index (χ4n) is 1.96. The number of ether oxygens (including phenoxy) is 2. The van der Waals surface area contributed by atoms with Gasteiger partial charge in [-0.05, 0) is 55.5 Å². The predicted octanol–water partition coefficient (Wildman–Crippen LogP) is 4.50. The average Bonchev–Trinajstić information content (AvgIpc) is 2.52. The van der Waals surface area contributed by atoms with Crippen LogP contribution in [0.5, 0.6) is 11.5 Å². The third-order valence-electron chi connectivity index (χ3n) is 3.11. The lowest BCUT2D eigenvalue weighted by Crippen LogP contribution is -1.97. The van der Waals surface area contributed by atoms with Crippen molar-refractivity contribution in [2.75, 3.05) is 13.7 Å². The Morgan fingerprint density at radius 2 is 1.60 bits per heavy atom. The van der Waals surface area contributed by atoms with Crippen molar-refractivity contribution < 1.29 is 9.47 Å². The second kappa shape index (κ2) is 8.26. The molecule has 0 aliphatic heterocycles. The van der Waals surface area contributed by atoms with E-state index in [9.17, 15) is 0 Å². The van der Waals surface area contributed by atoms with E-state index in [2.05, 4.69) is 18.6 Å². The monoisotopic (exact) mass is 269 g/mol. The van der Waals surface area contributed by atoms with Crippen LogP contribution in [0.4, 0.5) is 0 Å². The molecule has 0 aliphatic carbocycles. The van der Waals surface area contributed by atoms with Crippen molar-refractivity contribution in [3.63, 3.8) is 0 Å². The minimum absolute atomic E-state index is 0.778. The summed E-state index contributed by atoms with van der Waals surface area (Å²) >= 11 is 0. The van der Waals surface area contributed by atoms with Crippen molar-refractivity contribution in [3.05, 3.63) is 66.6 Å². The normalized spacial score (nSPS) is 10.2. The SMILES string of the molecule is COc1ccc([CH]CCCCOc2ccccc2)cc1. The van der Waals surface area contributed by atoms with Crippen molar-refractivity contribution >= 4 is 0 Å². The Morgan fingerprint density at radius 1 is 0.850 bits per heavy atom. The highest BCUT2D eigenvalue weighted by atomic mass is 16.5. The zero-order chi connectivity index (χ0) is 14.0. The molecule has 0 N–H and O–H groups in total.